The van der Waals surface area contributed by atoms with Crippen molar-refractivity contribution in [1.29, 1.82) is 0 Å². The number of ketones is 2. The number of fused-ring (bicyclic) bond motifs is 2. The van der Waals surface area contributed by atoms with E-state index in [1.807, 2.05) is 60.0 Å². The van der Waals surface area contributed by atoms with Gasteiger partial charge in [0.1, 0.15) is 21.8 Å². The normalized spacial score (nSPS) is 14.3. The van der Waals surface area contributed by atoms with Crippen molar-refractivity contribution in [3.05, 3.63) is 128 Å². The average molecular weight is 891 g/mol. The van der Waals surface area contributed by atoms with Gasteiger partial charge in [-0.25, -0.2) is 0 Å². The summed E-state index contributed by atoms with van der Waals surface area (Å²) >= 11 is 25.3. The number of benzene rings is 4. The number of hydrogen-bond donors (Lipinski definition) is 3. The quantitative estimate of drug-likeness (QED) is 0.0828. The molecule has 6 aromatic rings. The Morgan fingerprint density at radius 2 is 1.03 bits per heavy atom. The zero-order valence-electron chi connectivity index (χ0n) is 32.9. The second-order valence-corrected chi connectivity index (χ2v) is 16.7. The molecule has 14 heteroatoms. The van der Waals surface area contributed by atoms with Crippen molar-refractivity contribution in [1.82, 2.24) is 19.8 Å². The van der Waals surface area contributed by atoms with Crippen molar-refractivity contribution in [2.75, 3.05) is 6.61 Å². The van der Waals surface area contributed by atoms with Gasteiger partial charge in [-0.15, -0.1) is 0 Å². The summed E-state index contributed by atoms with van der Waals surface area (Å²) in [6.45, 7) is 3.23. The summed E-state index contributed by atoms with van der Waals surface area (Å²) in [5.74, 6) is -1.95. The van der Waals surface area contributed by atoms with E-state index in [4.69, 9.17) is 51.1 Å². The highest BCUT2D eigenvalue weighted by Gasteiger charge is 2.30. The maximum atomic E-state index is 13.2. The van der Waals surface area contributed by atoms with E-state index in [-0.39, 0.29) is 39.3 Å². The molecule has 0 unspecified atom stereocenters. The molecule has 0 atom stereocenters. The van der Waals surface area contributed by atoms with E-state index in [2.05, 4.69) is 10.6 Å². The number of phenolic OH excluding ortho intramolecular Hbond substituents is 1. The third-order valence-electron chi connectivity index (χ3n) is 11.0. The van der Waals surface area contributed by atoms with Gasteiger partial charge < -0.3 is 29.6 Å². The minimum Gasteiger partial charge on any atom is -0.508 e. The van der Waals surface area contributed by atoms with E-state index >= 15 is 0 Å². The number of phenols is 1. The largest absolute Gasteiger partial charge is 0.508 e. The van der Waals surface area contributed by atoms with Crippen molar-refractivity contribution in [3.63, 3.8) is 0 Å². The van der Waals surface area contributed by atoms with Gasteiger partial charge in [0.25, 0.3) is 23.4 Å². The van der Waals surface area contributed by atoms with Crippen LogP contribution in [0, 0.1) is 0 Å². The van der Waals surface area contributed by atoms with Crippen LogP contribution in [0.4, 0.5) is 0 Å². The Morgan fingerprint density at radius 1 is 0.617 bits per heavy atom. The van der Waals surface area contributed by atoms with E-state index in [1.165, 1.54) is 12.1 Å². The van der Waals surface area contributed by atoms with Crippen LogP contribution >= 0.6 is 46.4 Å². The van der Waals surface area contributed by atoms with Crippen LogP contribution in [0.3, 0.4) is 0 Å². The summed E-state index contributed by atoms with van der Waals surface area (Å²) in [4.78, 5) is 51.5. The molecule has 2 aliphatic carbocycles. The lowest BCUT2D eigenvalue weighted by Gasteiger charge is -2.11. The predicted octanol–water partition coefficient (Wildman–Crippen LogP) is 10.6. The summed E-state index contributed by atoms with van der Waals surface area (Å²) < 4.78 is 9.22. The molecule has 0 radical (unpaired) electrons. The molecule has 4 aromatic carbocycles. The Balaban J connectivity index is 0.000000182. The van der Waals surface area contributed by atoms with E-state index in [0.29, 0.717) is 51.8 Å². The van der Waals surface area contributed by atoms with Gasteiger partial charge >= 0.3 is 0 Å². The fraction of sp³-hybridized carbons (Fsp3) is 0.304. The SMILES string of the molecule is CCOc1ccc2c(c1)c(C(=O)C(=O)NC1CCCC1)c(Cl)n2Cc1ccc(Cl)cc1.O=C(NC1CCCC1)C(=O)c1c(Cl)n(Cc2ccc(Cl)cc2)c2ccc(O)cc12. The smallest absolute Gasteiger partial charge is 0.292 e. The first kappa shape index (κ1) is 43.1. The molecule has 2 amide bonds. The highest BCUT2D eigenvalue weighted by Crippen LogP contribution is 2.36. The molecule has 2 fully saturated rings. The van der Waals surface area contributed by atoms with Crippen LogP contribution < -0.4 is 15.4 Å². The molecule has 3 N–H and O–H groups in total. The van der Waals surface area contributed by atoms with Crippen molar-refractivity contribution in [2.45, 2.75) is 83.5 Å². The van der Waals surface area contributed by atoms with E-state index in [0.717, 1.165) is 68.0 Å². The second kappa shape index (κ2) is 19.1. The van der Waals surface area contributed by atoms with Crippen molar-refractivity contribution in [3.8, 4) is 11.5 Å². The molecule has 2 aliphatic rings. The minimum absolute atomic E-state index is 0.00283. The molecule has 0 spiro atoms. The number of halogens is 4. The summed E-state index contributed by atoms with van der Waals surface area (Å²) in [6.07, 6.45) is 7.80. The minimum atomic E-state index is -0.688. The number of nitrogens with one attached hydrogen (secondary N) is 2. The standard InChI is InChI=1S/C24H24Cl2N2O3.C22H20Cl2N2O3/c1-2-31-18-11-12-20-19(13-18)21(22(29)24(30)27-17-5-3-4-6-17)23(26)28(20)14-15-7-9-16(25)10-8-15;23-14-7-5-13(6-8-14)12-26-18-10-9-16(27)11-17(18)19(21(26)24)20(28)22(29)25-15-3-1-2-4-15/h7-13,17H,2-6,14H2,1H3,(H,27,30);5-11,15,27H,1-4,12H2,(H,25,29). The van der Waals surface area contributed by atoms with Crippen LogP contribution in [0.25, 0.3) is 21.8 Å². The zero-order valence-corrected chi connectivity index (χ0v) is 35.9. The number of hydrogen-bond acceptors (Lipinski definition) is 6. The number of nitrogens with zero attached hydrogens (tertiary/aromatic N) is 2. The summed E-state index contributed by atoms with van der Waals surface area (Å²) in [5.41, 5.74) is 3.67. The highest BCUT2D eigenvalue weighted by molar-refractivity contribution is 6.50. The maximum Gasteiger partial charge on any atom is 0.292 e. The van der Waals surface area contributed by atoms with Crippen LogP contribution in [-0.2, 0) is 22.7 Å². The van der Waals surface area contributed by atoms with Crippen molar-refractivity contribution >= 4 is 91.6 Å². The number of aromatic hydroxyl groups is 1. The third kappa shape index (κ3) is 9.63. The monoisotopic (exact) mass is 888 g/mol. The Labute approximate surface area is 367 Å². The van der Waals surface area contributed by atoms with Gasteiger partial charge in [-0.05, 0) is 104 Å². The van der Waals surface area contributed by atoms with Crippen LogP contribution in [-0.4, -0.2) is 56.3 Å². The Kier molecular flexibility index (Phi) is 13.8. The van der Waals surface area contributed by atoms with Gasteiger partial charge in [0.05, 0.1) is 28.8 Å². The molecular weight excluding hydrogens is 846 g/mol. The van der Waals surface area contributed by atoms with Crippen LogP contribution in [0.1, 0.15) is 90.1 Å². The van der Waals surface area contributed by atoms with Gasteiger partial charge in [-0.2, -0.15) is 0 Å². The number of carbonyl (C=O) groups excluding carboxylic acids is 4. The molecule has 2 aromatic heterocycles. The number of aromatic nitrogens is 2. The molecule has 0 aliphatic heterocycles. The second-order valence-electron chi connectivity index (χ2n) is 15.1. The Morgan fingerprint density at radius 3 is 1.47 bits per heavy atom. The first-order chi connectivity index (χ1) is 28.9. The summed E-state index contributed by atoms with van der Waals surface area (Å²) in [7, 11) is 0. The number of Topliss-reactive ketones (excluding diaryl/α,β-unsaturated/α-hetero) is 2. The van der Waals surface area contributed by atoms with Crippen molar-refractivity contribution in [2.24, 2.45) is 0 Å². The number of rotatable bonds is 12. The molecule has 312 valence electrons. The lowest BCUT2D eigenvalue weighted by molar-refractivity contribution is -0.118. The predicted molar refractivity (Wildman–Crippen MR) is 237 cm³/mol. The van der Waals surface area contributed by atoms with Gasteiger partial charge in [-0.1, -0.05) is 96.4 Å². The highest BCUT2D eigenvalue weighted by atomic mass is 35.5. The zero-order chi connectivity index (χ0) is 42.5. The van der Waals surface area contributed by atoms with E-state index in [9.17, 15) is 24.3 Å². The molecule has 8 rings (SSSR count). The fourth-order valence-electron chi connectivity index (χ4n) is 8.03. The van der Waals surface area contributed by atoms with Gasteiger partial charge in [-0.3, -0.25) is 19.2 Å². The molecular formula is C46H44Cl4N4O6. The van der Waals surface area contributed by atoms with Gasteiger partial charge in [0, 0.05) is 46.0 Å². The Bertz CT molecular complexity index is 2550. The topological polar surface area (TPSA) is 132 Å². The average Bonchev–Trinajstić information content (AvgIpc) is 4.04. The molecule has 2 saturated carbocycles. The van der Waals surface area contributed by atoms with E-state index < -0.39 is 23.4 Å². The first-order valence-corrected chi connectivity index (χ1v) is 21.6. The van der Waals surface area contributed by atoms with Crippen LogP contribution in [0.2, 0.25) is 20.4 Å². The third-order valence-corrected chi connectivity index (χ3v) is 12.3. The van der Waals surface area contributed by atoms with Gasteiger partial charge in [0.15, 0.2) is 0 Å². The number of amides is 2. The van der Waals surface area contributed by atoms with E-state index in [1.54, 1.807) is 28.8 Å². The molecule has 2 heterocycles. The Hall–Kier alpha value is -5.00. The summed E-state index contributed by atoms with van der Waals surface area (Å²) in [6, 6.07) is 25.0. The molecule has 60 heavy (non-hydrogen) atoms. The lowest BCUT2D eigenvalue weighted by atomic mass is 10.1. The number of ether oxygens (including phenoxy) is 1. The molecule has 0 saturated heterocycles. The van der Waals surface area contributed by atoms with Crippen LogP contribution in [0.15, 0.2) is 84.9 Å². The van der Waals surface area contributed by atoms with Gasteiger partial charge in [0.2, 0.25) is 0 Å². The van der Waals surface area contributed by atoms with Crippen molar-refractivity contribution < 1.29 is 29.0 Å². The van der Waals surface area contributed by atoms with Crippen LogP contribution in [0.5, 0.6) is 11.5 Å². The first-order valence-electron chi connectivity index (χ1n) is 20.1. The number of carbonyl (C=O) groups is 4. The maximum absolute atomic E-state index is 13.2. The summed E-state index contributed by atoms with van der Waals surface area (Å²) in [5, 5.41) is 18.4. The molecule has 10 nitrogen and oxygen atoms in total. The molecule has 0 bridgehead atoms. The fourth-order valence-corrected chi connectivity index (χ4v) is 8.95. The lowest BCUT2D eigenvalue weighted by Crippen LogP contribution is -2.37.